The van der Waals surface area contributed by atoms with Crippen molar-refractivity contribution in [3.05, 3.63) is 29.3 Å². The molecular weight excluding hydrogens is 556 g/mol. The number of carbonyl (C=O) groups excluding carboxylic acids is 1. The Labute approximate surface area is 252 Å². The lowest BCUT2D eigenvalue weighted by Crippen LogP contribution is -2.62. The summed E-state index contributed by atoms with van der Waals surface area (Å²) in [6.07, 6.45) is 9.85. The highest BCUT2D eigenvalue weighted by molar-refractivity contribution is 7.92. The van der Waals surface area contributed by atoms with E-state index in [4.69, 9.17) is 11.6 Å². The summed E-state index contributed by atoms with van der Waals surface area (Å²) < 4.78 is 25.5. The van der Waals surface area contributed by atoms with Gasteiger partial charge in [-0.15, -0.1) is 0 Å². The van der Waals surface area contributed by atoms with E-state index in [1.807, 2.05) is 0 Å². The molecule has 230 valence electrons. The number of halogens is 1. The van der Waals surface area contributed by atoms with Crippen molar-refractivity contribution in [2.75, 3.05) is 5.75 Å². The number of hydrogen-bond donors (Lipinski definition) is 2. The standard InChI is InChI=1S/C34H51ClO5S/c1-5-24-28-19-22(36)15-17-34(28,4)27-16-18-33(3)25(13-14-26(33)31(27)32(24)38)21(2)9-8-10-23(37)20-41(39,40)30-12-7-6-11-29(30)35/h6-7,11-12,21-22,24-28,31-32,36,38H,5,8-10,13-20H2,1-4H3/t21-,22-,24-,25-,26+,27+,28+,31+,32-,33-,34-/m1/s1. The normalized spacial score (nSPS) is 41.2. The fourth-order valence-corrected chi connectivity index (χ4v) is 12.7. The maximum absolute atomic E-state index is 12.7. The highest BCUT2D eigenvalue weighted by atomic mass is 35.5. The Bertz CT molecular complexity index is 1220. The van der Waals surface area contributed by atoms with Crippen molar-refractivity contribution in [3.8, 4) is 0 Å². The van der Waals surface area contributed by atoms with E-state index in [9.17, 15) is 23.4 Å². The van der Waals surface area contributed by atoms with Gasteiger partial charge in [0.25, 0.3) is 0 Å². The molecule has 0 radical (unpaired) electrons. The van der Waals surface area contributed by atoms with Crippen LogP contribution in [0.3, 0.4) is 0 Å². The number of fused-ring (bicyclic) bond motifs is 5. The molecule has 0 saturated heterocycles. The molecule has 5 nitrogen and oxygen atoms in total. The third-order valence-electron chi connectivity index (χ3n) is 12.8. The van der Waals surface area contributed by atoms with E-state index >= 15 is 0 Å². The molecular formula is C34H51ClO5S. The SMILES string of the molecule is CC[C@H]1[C@@H](O)[C@@H]2[C@H](CC[C@]3(C)[C@@H]([C@H](C)CCCC(=O)CS(=O)(=O)c4ccccc4Cl)CC[C@@H]23)[C@@]2(C)CC[C@@H](O)C[C@@H]12. The van der Waals surface area contributed by atoms with Crippen LogP contribution in [0.25, 0.3) is 0 Å². The Morgan fingerprint density at radius 1 is 1.02 bits per heavy atom. The van der Waals surface area contributed by atoms with Gasteiger partial charge in [-0.1, -0.05) is 64.3 Å². The number of hydrogen-bond acceptors (Lipinski definition) is 5. The van der Waals surface area contributed by atoms with E-state index < -0.39 is 15.6 Å². The average molecular weight is 607 g/mol. The van der Waals surface area contributed by atoms with Gasteiger partial charge < -0.3 is 10.2 Å². The Morgan fingerprint density at radius 3 is 2.41 bits per heavy atom. The van der Waals surface area contributed by atoms with Crippen LogP contribution in [0.4, 0.5) is 0 Å². The zero-order valence-corrected chi connectivity index (χ0v) is 27.0. The maximum Gasteiger partial charge on any atom is 0.186 e. The van der Waals surface area contributed by atoms with Crippen molar-refractivity contribution in [1.82, 2.24) is 0 Å². The number of ketones is 1. The molecule has 0 amide bonds. The highest BCUT2D eigenvalue weighted by Crippen LogP contribution is 2.69. The van der Waals surface area contributed by atoms with Gasteiger partial charge in [0.05, 0.1) is 22.1 Å². The lowest BCUT2D eigenvalue weighted by Gasteiger charge is -2.64. The summed E-state index contributed by atoms with van der Waals surface area (Å²) in [6.45, 7) is 9.51. The number of carbonyl (C=O) groups is 1. The molecule has 0 unspecified atom stereocenters. The third-order valence-corrected chi connectivity index (χ3v) is 15.0. The largest absolute Gasteiger partial charge is 0.393 e. The fraction of sp³-hybridized carbons (Fsp3) is 0.794. The van der Waals surface area contributed by atoms with Crippen LogP contribution in [0, 0.1) is 52.3 Å². The first kappa shape index (κ1) is 31.5. The summed E-state index contributed by atoms with van der Waals surface area (Å²) in [7, 11) is -3.74. The summed E-state index contributed by atoms with van der Waals surface area (Å²) >= 11 is 6.08. The molecule has 4 saturated carbocycles. The van der Waals surface area contributed by atoms with Gasteiger partial charge in [0, 0.05) is 6.42 Å². The van der Waals surface area contributed by atoms with Gasteiger partial charge in [-0.25, -0.2) is 8.42 Å². The fourth-order valence-electron chi connectivity index (χ4n) is 10.8. The molecule has 0 aliphatic heterocycles. The summed E-state index contributed by atoms with van der Waals surface area (Å²) in [5.74, 6) is 2.33. The maximum atomic E-state index is 12.7. The van der Waals surface area contributed by atoms with Crippen LogP contribution in [-0.4, -0.2) is 42.4 Å². The zero-order chi connectivity index (χ0) is 29.7. The molecule has 1 aromatic rings. The van der Waals surface area contributed by atoms with Gasteiger partial charge in [-0.2, -0.15) is 0 Å². The molecule has 41 heavy (non-hydrogen) atoms. The van der Waals surface area contributed by atoms with Crippen LogP contribution >= 0.6 is 11.6 Å². The molecule has 0 heterocycles. The second-order valence-electron chi connectivity index (χ2n) is 14.7. The first-order chi connectivity index (χ1) is 19.3. The molecule has 4 aliphatic rings. The van der Waals surface area contributed by atoms with Crippen LogP contribution in [-0.2, 0) is 14.6 Å². The number of aliphatic hydroxyl groups excluding tert-OH is 2. The summed E-state index contributed by atoms with van der Waals surface area (Å²) in [4.78, 5) is 12.7. The number of aliphatic hydroxyl groups is 2. The minimum absolute atomic E-state index is 0.0312. The lowest BCUT2D eigenvalue weighted by molar-refractivity contribution is -0.203. The predicted molar refractivity (Wildman–Crippen MR) is 163 cm³/mol. The number of rotatable bonds is 9. The second-order valence-corrected chi connectivity index (χ2v) is 17.1. The van der Waals surface area contributed by atoms with Gasteiger partial charge in [-0.05, 0) is 116 Å². The first-order valence-corrected chi connectivity index (χ1v) is 18.2. The minimum atomic E-state index is -3.74. The average Bonchev–Trinajstić information content (AvgIpc) is 3.27. The smallest absolute Gasteiger partial charge is 0.186 e. The number of sulfone groups is 1. The van der Waals surface area contributed by atoms with Gasteiger partial charge >= 0.3 is 0 Å². The van der Waals surface area contributed by atoms with E-state index in [-0.39, 0.29) is 51.1 Å². The van der Waals surface area contributed by atoms with Crippen molar-refractivity contribution in [1.29, 1.82) is 0 Å². The Morgan fingerprint density at radius 2 is 1.71 bits per heavy atom. The van der Waals surface area contributed by atoms with Gasteiger partial charge in [0.2, 0.25) is 0 Å². The molecule has 0 bridgehead atoms. The van der Waals surface area contributed by atoms with E-state index in [1.165, 1.54) is 31.4 Å². The molecule has 0 aromatic heterocycles. The molecule has 4 fully saturated rings. The number of benzene rings is 1. The Kier molecular flexibility index (Phi) is 9.10. The topological polar surface area (TPSA) is 91.7 Å². The lowest BCUT2D eigenvalue weighted by atomic mass is 9.41. The monoisotopic (exact) mass is 606 g/mol. The molecule has 4 aliphatic carbocycles. The third kappa shape index (κ3) is 5.58. The van der Waals surface area contributed by atoms with Crippen molar-refractivity contribution >= 4 is 27.2 Å². The van der Waals surface area contributed by atoms with E-state index in [0.29, 0.717) is 41.9 Å². The van der Waals surface area contributed by atoms with Crippen LogP contribution in [0.15, 0.2) is 29.2 Å². The van der Waals surface area contributed by atoms with Crippen molar-refractivity contribution in [2.45, 2.75) is 115 Å². The van der Waals surface area contributed by atoms with E-state index in [1.54, 1.807) is 12.1 Å². The molecule has 0 spiro atoms. The number of Topliss-reactive ketones (excluding diaryl/α,β-unsaturated/α-hetero) is 1. The zero-order valence-electron chi connectivity index (χ0n) is 25.4. The highest BCUT2D eigenvalue weighted by Gasteiger charge is 2.64. The predicted octanol–water partition coefficient (Wildman–Crippen LogP) is 7.12. The van der Waals surface area contributed by atoms with Gasteiger partial charge in [0.1, 0.15) is 11.5 Å². The van der Waals surface area contributed by atoms with Crippen molar-refractivity contribution in [2.24, 2.45) is 52.3 Å². The van der Waals surface area contributed by atoms with Crippen LogP contribution in [0.2, 0.25) is 5.02 Å². The van der Waals surface area contributed by atoms with Gasteiger partial charge in [-0.3, -0.25) is 4.79 Å². The second kappa shape index (κ2) is 11.9. The Hall–Kier alpha value is -0.950. The van der Waals surface area contributed by atoms with Crippen LogP contribution in [0.1, 0.15) is 98.3 Å². The molecule has 1 aromatic carbocycles. The van der Waals surface area contributed by atoms with E-state index in [2.05, 4.69) is 27.7 Å². The molecule has 7 heteroatoms. The molecule has 11 atom stereocenters. The van der Waals surface area contributed by atoms with Crippen LogP contribution in [0.5, 0.6) is 0 Å². The minimum Gasteiger partial charge on any atom is -0.393 e. The van der Waals surface area contributed by atoms with Gasteiger partial charge in [0.15, 0.2) is 9.84 Å². The van der Waals surface area contributed by atoms with E-state index in [0.717, 1.165) is 38.5 Å². The first-order valence-electron chi connectivity index (χ1n) is 16.2. The molecule has 2 N–H and O–H groups in total. The van der Waals surface area contributed by atoms with Crippen LogP contribution < -0.4 is 0 Å². The summed E-state index contributed by atoms with van der Waals surface area (Å²) in [5.41, 5.74) is 0.397. The quantitative estimate of drug-likeness (QED) is 0.312. The summed E-state index contributed by atoms with van der Waals surface area (Å²) in [5, 5.41) is 22.6. The molecule has 5 rings (SSSR count). The Balaban J connectivity index is 1.22. The van der Waals surface area contributed by atoms with Crippen molar-refractivity contribution < 1.29 is 23.4 Å². The summed E-state index contributed by atoms with van der Waals surface area (Å²) in [6, 6.07) is 6.31. The van der Waals surface area contributed by atoms with Crippen molar-refractivity contribution in [3.63, 3.8) is 0 Å².